The van der Waals surface area contributed by atoms with Crippen LogP contribution in [0.3, 0.4) is 0 Å². The number of nitrogens with one attached hydrogen (secondary N) is 1. The second kappa shape index (κ2) is 5.08. The number of hydrogen-bond donors (Lipinski definition) is 1. The molecule has 1 aromatic rings. The minimum absolute atomic E-state index is 0.199. The second-order valence-corrected chi connectivity index (χ2v) is 3.95. The fourth-order valence-electron chi connectivity index (χ4n) is 1.85. The van der Waals surface area contributed by atoms with E-state index in [1.165, 1.54) is 0 Å². The van der Waals surface area contributed by atoms with Gasteiger partial charge in [0.05, 0.1) is 12.3 Å². The molecular weight excluding hydrogens is 234 g/mol. The molecule has 0 spiro atoms. The SMILES string of the molecule is CCOc1cc(C=O)cc2c1OC(CC)C(=O)N2. The topological polar surface area (TPSA) is 64.6 Å². The molecule has 1 aliphatic heterocycles. The minimum Gasteiger partial charge on any atom is -0.490 e. The molecule has 96 valence electrons. The van der Waals surface area contributed by atoms with E-state index < -0.39 is 6.10 Å². The molecule has 1 aromatic carbocycles. The number of aldehydes is 1. The average molecular weight is 249 g/mol. The van der Waals surface area contributed by atoms with Crippen molar-refractivity contribution in [2.75, 3.05) is 11.9 Å². The van der Waals surface area contributed by atoms with Crippen molar-refractivity contribution < 1.29 is 19.1 Å². The van der Waals surface area contributed by atoms with Crippen LogP contribution in [0.15, 0.2) is 12.1 Å². The molecule has 0 fully saturated rings. The number of rotatable bonds is 4. The van der Waals surface area contributed by atoms with Crippen LogP contribution in [-0.4, -0.2) is 24.9 Å². The summed E-state index contributed by atoms with van der Waals surface area (Å²) in [4.78, 5) is 22.5. The van der Waals surface area contributed by atoms with Gasteiger partial charge in [-0.15, -0.1) is 0 Å². The van der Waals surface area contributed by atoms with Gasteiger partial charge in [0, 0.05) is 5.56 Å². The lowest BCUT2D eigenvalue weighted by molar-refractivity contribution is -0.123. The monoisotopic (exact) mass is 249 g/mol. The average Bonchev–Trinajstić information content (AvgIpc) is 2.38. The van der Waals surface area contributed by atoms with E-state index in [9.17, 15) is 9.59 Å². The fourth-order valence-corrected chi connectivity index (χ4v) is 1.85. The van der Waals surface area contributed by atoms with Crippen LogP contribution in [0.25, 0.3) is 0 Å². The van der Waals surface area contributed by atoms with E-state index in [0.717, 1.165) is 0 Å². The van der Waals surface area contributed by atoms with Crippen molar-refractivity contribution in [1.29, 1.82) is 0 Å². The summed E-state index contributed by atoms with van der Waals surface area (Å²) in [5.74, 6) is 0.778. The Bertz CT molecular complexity index is 484. The van der Waals surface area contributed by atoms with E-state index >= 15 is 0 Å². The van der Waals surface area contributed by atoms with E-state index in [4.69, 9.17) is 9.47 Å². The van der Waals surface area contributed by atoms with Crippen LogP contribution in [0.1, 0.15) is 30.6 Å². The number of benzene rings is 1. The summed E-state index contributed by atoms with van der Waals surface area (Å²) in [7, 11) is 0. The highest BCUT2D eigenvalue weighted by atomic mass is 16.5. The number of carbonyl (C=O) groups is 2. The predicted molar refractivity (Wildman–Crippen MR) is 66.3 cm³/mol. The molecule has 1 N–H and O–H groups in total. The maximum atomic E-state index is 11.7. The van der Waals surface area contributed by atoms with E-state index in [2.05, 4.69) is 5.32 Å². The maximum Gasteiger partial charge on any atom is 0.265 e. The third-order valence-corrected chi connectivity index (χ3v) is 2.69. The Morgan fingerprint density at radius 3 is 2.83 bits per heavy atom. The van der Waals surface area contributed by atoms with Crippen LogP contribution in [-0.2, 0) is 4.79 Å². The molecule has 1 amide bonds. The lowest BCUT2D eigenvalue weighted by Gasteiger charge is -2.26. The van der Waals surface area contributed by atoms with Gasteiger partial charge in [0.1, 0.15) is 6.29 Å². The van der Waals surface area contributed by atoms with E-state index in [0.29, 0.717) is 42.1 Å². The largest absolute Gasteiger partial charge is 0.490 e. The number of hydrogen-bond acceptors (Lipinski definition) is 4. The van der Waals surface area contributed by atoms with Gasteiger partial charge in [-0.05, 0) is 25.5 Å². The van der Waals surface area contributed by atoms with Gasteiger partial charge in [-0.25, -0.2) is 0 Å². The van der Waals surface area contributed by atoms with Gasteiger partial charge in [-0.2, -0.15) is 0 Å². The van der Waals surface area contributed by atoms with Crippen molar-refractivity contribution in [3.8, 4) is 11.5 Å². The molecule has 0 saturated heterocycles. The van der Waals surface area contributed by atoms with Crippen molar-refractivity contribution in [2.24, 2.45) is 0 Å². The first-order chi connectivity index (χ1) is 8.69. The van der Waals surface area contributed by atoms with Crippen molar-refractivity contribution in [1.82, 2.24) is 0 Å². The van der Waals surface area contributed by atoms with Crippen molar-refractivity contribution in [3.63, 3.8) is 0 Å². The summed E-state index contributed by atoms with van der Waals surface area (Å²) >= 11 is 0. The summed E-state index contributed by atoms with van der Waals surface area (Å²) in [6, 6.07) is 3.19. The first-order valence-electron chi connectivity index (χ1n) is 5.93. The van der Waals surface area contributed by atoms with E-state index in [-0.39, 0.29) is 5.91 Å². The molecule has 1 unspecified atom stereocenters. The summed E-state index contributed by atoms with van der Waals surface area (Å²) in [6.07, 6.45) is 0.770. The molecule has 18 heavy (non-hydrogen) atoms. The first kappa shape index (κ1) is 12.4. The van der Waals surface area contributed by atoms with Crippen molar-refractivity contribution >= 4 is 17.9 Å². The van der Waals surface area contributed by atoms with Gasteiger partial charge in [0.15, 0.2) is 17.6 Å². The molecule has 5 heteroatoms. The predicted octanol–water partition coefficient (Wildman–Crippen LogP) is 2.01. The lowest BCUT2D eigenvalue weighted by atomic mass is 10.1. The van der Waals surface area contributed by atoms with Gasteiger partial charge in [-0.3, -0.25) is 9.59 Å². The zero-order valence-corrected chi connectivity index (χ0v) is 10.4. The van der Waals surface area contributed by atoms with Gasteiger partial charge in [0.25, 0.3) is 5.91 Å². The summed E-state index contributed by atoms with van der Waals surface area (Å²) < 4.78 is 11.1. The Balaban J connectivity index is 2.46. The third kappa shape index (κ3) is 2.16. The quantitative estimate of drug-likeness (QED) is 0.829. The smallest absolute Gasteiger partial charge is 0.265 e. The highest BCUT2D eigenvalue weighted by Gasteiger charge is 2.29. The van der Waals surface area contributed by atoms with Gasteiger partial charge >= 0.3 is 0 Å². The third-order valence-electron chi connectivity index (χ3n) is 2.69. The van der Waals surface area contributed by atoms with Gasteiger partial charge in [-0.1, -0.05) is 6.92 Å². The number of anilines is 1. The zero-order chi connectivity index (χ0) is 13.1. The van der Waals surface area contributed by atoms with Crippen LogP contribution in [0.5, 0.6) is 11.5 Å². The molecule has 1 heterocycles. The molecule has 2 rings (SSSR count). The van der Waals surface area contributed by atoms with Crippen LogP contribution >= 0.6 is 0 Å². The molecule has 1 aliphatic rings. The highest BCUT2D eigenvalue weighted by molar-refractivity contribution is 5.99. The normalized spacial score (nSPS) is 17.4. The Labute approximate surface area is 105 Å². The highest BCUT2D eigenvalue weighted by Crippen LogP contribution is 2.40. The first-order valence-corrected chi connectivity index (χ1v) is 5.93. The molecule has 5 nitrogen and oxygen atoms in total. The Kier molecular flexibility index (Phi) is 3.50. The molecular formula is C13H15NO4. The number of ether oxygens (including phenoxy) is 2. The number of carbonyl (C=O) groups excluding carboxylic acids is 2. The zero-order valence-electron chi connectivity index (χ0n) is 10.4. The Morgan fingerprint density at radius 2 is 2.22 bits per heavy atom. The van der Waals surface area contributed by atoms with Crippen molar-refractivity contribution in [2.45, 2.75) is 26.4 Å². The molecule has 0 radical (unpaired) electrons. The summed E-state index contributed by atoms with van der Waals surface area (Å²) in [5.41, 5.74) is 0.925. The van der Waals surface area contributed by atoms with Crippen LogP contribution < -0.4 is 14.8 Å². The van der Waals surface area contributed by atoms with E-state index in [1.54, 1.807) is 12.1 Å². The number of fused-ring (bicyclic) bond motifs is 1. The maximum absolute atomic E-state index is 11.7. The van der Waals surface area contributed by atoms with Crippen LogP contribution in [0, 0.1) is 0 Å². The summed E-state index contributed by atoms with van der Waals surface area (Å²) in [5, 5.41) is 2.73. The number of amides is 1. The summed E-state index contributed by atoms with van der Waals surface area (Å²) in [6.45, 7) is 4.18. The lowest BCUT2D eigenvalue weighted by Crippen LogP contribution is -2.36. The molecule has 0 bridgehead atoms. The molecule has 0 saturated carbocycles. The van der Waals surface area contributed by atoms with Gasteiger partial charge < -0.3 is 14.8 Å². The van der Waals surface area contributed by atoms with Crippen LogP contribution in [0.4, 0.5) is 5.69 Å². The molecule has 0 aliphatic carbocycles. The van der Waals surface area contributed by atoms with Gasteiger partial charge in [0.2, 0.25) is 0 Å². The van der Waals surface area contributed by atoms with Crippen LogP contribution in [0.2, 0.25) is 0 Å². The standard InChI is InChI=1S/C13H15NO4/c1-3-10-13(16)14-9-5-8(7-15)6-11(17-4-2)12(9)18-10/h5-7,10H,3-4H2,1-2H3,(H,14,16). The van der Waals surface area contributed by atoms with E-state index in [1.807, 2.05) is 13.8 Å². The second-order valence-electron chi connectivity index (χ2n) is 3.95. The molecule has 0 aromatic heterocycles. The Morgan fingerprint density at radius 1 is 1.44 bits per heavy atom. The minimum atomic E-state index is -0.515. The Hall–Kier alpha value is -2.04. The molecule has 1 atom stereocenters. The van der Waals surface area contributed by atoms with Crippen molar-refractivity contribution in [3.05, 3.63) is 17.7 Å². The fraction of sp³-hybridized carbons (Fsp3) is 0.385.